The Morgan fingerprint density at radius 2 is 1.97 bits per heavy atom. The average molecular weight is 549 g/mol. The van der Waals surface area contributed by atoms with Gasteiger partial charge in [0.25, 0.3) is 5.91 Å². The van der Waals surface area contributed by atoms with E-state index < -0.39 is 0 Å². The maximum atomic E-state index is 12.3. The van der Waals surface area contributed by atoms with Gasteiger partial charge in [-0.3, -0.25) is 9.78 Å². The molecular weight excluding hydrogens is 520 g/mol. The van der Waals surface area contributed by atoms with E-state index in [2.05, 4.69) is 27.2 Å². The second-order valence-electron chi connectivity index (χ2n) is 10.8. The van der Waals surface area contributed by atoms with Gasteiger partial charge in [-0.2, -0.15) is 4.98 Å². The molecule has 0 spiro atoms. The van der Waals surface area contributed by atoms with Crippen LogP contribution in [0.3, 0.4) is 0 Å². The number of halogens is 1. The number of carbonyl (C=O) groups excluding carboxylic acids is 1. The molecule has 1 amide bonds. The molecule has 2 aliphatic rings. The number of benzene rings is 1. The molecule has 0 unspecified atom stereocenters. The molecule has 202 valence electrons. The van der Waals surface area contributed by atoms with Gasteiger partial charge in [0, 0.05) is 11.8 Å². The van der Waals surface area contributed by atoms with Crippen LogP contribution in [0.1, 0.15) is 37.9 Å². The molecule has 1 saturated heterocycles. The van der Waals surface area contributed by atoms with Crippen molar-refractivity contribution in [2.45, 2.75) is 51.3 Å². The van der Waals surface area contributed by atoms with Crippen molar-refractivity contribution in [1.82, 2.24) is 29.8 Å². The molecule has 10 nitrogen and oxygen atoms in total. The van der Waals surface area contributed by atoms with Gasteiger partial charge in [0.2, 0.25) is 5.88 Å². The summed E-state index contributed by atoms with van der Waals surface area (Å²) < 4.78 is 19.1. The zero-order chi connectivity index (χ0) is 27.2. The number of ether oxygens (including phenoxy) is 3. The van der Waals surface area contributed by atoms with Crippen LogP contribution in [-0.2, 0) is 16.1 Å². The summed E-state index contributed by atoms with van der Waals surface area (Å²) in [6.07, 6.45) is 5.22. The van der Waals surface area contributed by atoms with Gasteiger partial charge in [0.15, 0.2) is 17.8 Å². The van der Waals surface area contributed by atoms with E-state index in [9.17, 15) is 4.79 Å². The molecule has 4 aromatic rings. The number of nitrogens with one attached hydrogen (secondary N) is 1. The van der Waals surface area contributed by atoms with Gasteiger partial charge in [0.1, 0.15) is 23.5 Å². The van der Waals surface area contributed by atoms with Crippen LogP contribution >= 0.6 is 11.6 Å². The smallest absolute Gasteiger partial charge is 0.258 e. The molecule has 0 radical (unpaired) electrons. The minimum atomic E-state index is -0.338. The lowest BCUT2D eigenvalue weighted by atomic mass is 10.0. The number of aryl methyl sites for hydroxylation is 1. The zero-order valence-corrected chi connectivity index (χ0v) is 22.8. The van der Waals surface area contributed by atoms with Gasteiger partial charge < -0.3 is 24.1 Å². The van der Waals surface area contributed by atoms with Crippen molar-refractivity contribution in [3.63, 3.8) is 0 Å². The predicted molar refractivity (Wildman–Crippen MR) is 145 cm³/mol. The first-order chi connectivity index (χ1) is 18.7. The van der Waals surface area contributed by atoms with Gasteiger partial charge in [-0.25, -0.2) is 9.97 Å². The number of amides is 1. The first-order valence-electron chi connectivity index (χ1n) is 12.8. The molecule has 3 aromatic heterocycles. The highest BCUT2D eigenvalue weighted by atomic mass is 35.5. The molecule has 11 heteroatoms. The van der Waals surface area contributed by atoms with E-state index in [4.69, 9.17) is 30.8 Å². The molecule has 0 atom stereocenters. The number of carbonyl (C=O) groups is 1. The van der Waals surface area contributed by atoms with E-state index in [1.165, 1.54) is 6.33 Å². The van der Waals surface area contributed by atoms with Crippen LogP contribution < -0.4 is 14.8 Å². The lowest BCUT2D eigenvalue weighted by Crippen LogP contribution is -2.60. The number of hydrogen-bond acceptors (Lipinski definition) is 8. The van der Waals surface area contributed by atoms with Gasteiger partial charge in [-0.1, -0.05) is 11.6 Å². The molecule has 6 rings (SSSR count). The van der Waals surface area contributed by atoms with Crippen LogP contribution in [0.5, 0.6) is 11.6 Å². The molecule has 1 aliphatic carbocycles. The highest BCUT2D eigenvalue weighted by Crippen LogP contribution is 2.41. The van der Waals surface area contributed by atoms with Crippen molar-refractivity contribution >= 4 is 28.7 Å². The van der Waals surface area contributed by atoms with Crippen molar-refractivity contribution in [2.24, 2.45) is 0 Å². The Bertz CT molecular complexity index is 1560. The van der Waals surface area contributed by atoms with Crippen molar-refractivity contribution in [3.05, 3.63) is 59.1 Å². The zero-order valence-electron chi connectivity index (χ0n) is 22.0. The van der Waals surface area contributed by atoms with Crippen molar-refractivity contribution in [3.8, 4) is 23.0 Å². The van der Waals surface area contributed by atoms with Crippen molar-refractivity contribution < 1.29 is 19.0 Å². The summed E-state index contributed by atoms with van der Waals surface area (Å²) in [5.41, 5.74) is 3.28. The summed E-state index contributed by atoms with van der Waals surface area (Å²) in [7, 11) is 0. The summed E-state index contributed by atoms with van der Waals surface area (Å²) in [6, 6.07) is 9.26. The van der Waals surface area contributed by atoms with E-state index in [1.54, 1.807) is 18.3 Å². The van der Waals surface area contributed by atoms with Crippen LogP contribution in [0.4, 0.5) is 0 Å². The standard InChI is InChI=1S/C28H29ClN6O4/c1-17-6-9-30-18(10-17)12-35-24(33-23-25(35)31-16-32-26(23)39-28(3)7-8-28)20-5-4-19(11-21(20)29)38-13-22(36)34-27(2)14-37-15-27/h4-6,9-11,16H,7-8,12-15H2,1-3H3,(H,34,36). The molecule has 1 saturated carbocycles. The first-order valence-corrected chi connectivity index (χ1v) is 13.2. The summed E-state index contributed by atoms with van der Waals surface area (Å²) in [4.78, 5) is 30.7. The molecule has 4 heterocycles. The molecule has 2 fully saturated rings. The average Bonchev–Trinajstić information content (AvgIpc) is 3.50. The quantitative estimate of drug-likeness (QED) is 0.332. The molecule has 1 N–H and O–H groups in total. The Morgan fingerprint density at radius 1 is 1.15 bits per heavy atom. The number of hydrogen-bond donors (Lipinski definition) is 1. The Kier molecular flexibility index (Phi) is 6.39. The molecular formula is C28H29ClN6O4. The summed E-state index contributed by atoms with van der Waals surface area (Å²) in [6.45, 7) is 7.31. The first kappa shape index (κ1) is 25.5. The number of aromatic nitrogens is 5. The van der Waals surface area contributed by atoms with Gasteiger partial charge in [-0.15, -0.1) is 0 Å². The fourth-order valence-electron chi connectivity index (χ4n) is 4.47. The number of pyridine rings is 1. The molecule has 1 aromatic carbocycles. The Morgan fingerprint density at radius 3 is 2.67 bits per heavy atom. The Balaban J connectivity index is 1.32. The summed E-state index contributed by atoms with van der Waals surface area (Å²) in [5, 5.41) is 3.35. The topological polar surface area (TPSA) is 113 Å². The Hall–Kier alpha value is -3.76. The lowest BCUT2D eigenvalue weighted by molar-refractivity contribution is -0.133. The van der Waals surface area contributed by atoms with Crippen LogP contribution in [0, 0.1) is 6.92 Å². The van der Waals surface area contributed by atoms with Crippen LogP contribution in [0.2, 0.25) is 5.02 Å². The number of rotatable bonds is 9. The highest BCUT2D eigenvalue weighted by Gasteiger charge is 2.41. The minimum absolute atomic E-state index is 0.127. The van der Waals surface area contributed by atoms with E-state index in [-0.39, 0.29) is 23.7 Å². The third-order valence-corrected chi connectivity index (χ3v) is 7.23. The maximum Gasteiger partial charge on any atom is 0.258 e. The number of nitrogens with zero attached hydrogens (tertiary/aromatic N) is 5. The molecule has 0 bridgehead atoms. The van der Waals surface area contributed by atoms with E-state index in [0.29, 0.717) is 59.0 Å². The molecule has 1 aliphatic heterocycles. The SMILES string of the molecule is Cc1ccnc(Cn2c(-c3ccc(OCC(=O)NC4(C)COC4)cc3Cl)nc3c(OC4(C)CC4)ncnc32)c1. The fraction of sp³-hybridized carbons (Fsp3) is 0.393. The highest BCUT2D eigenvalue weighted by molar-refractivity contribution is 6.33. The normalized spacial score (nSPS) is 16.9. The van der Waals surface area contributed by atoms with Gasteiger partial charge in [0.05, 0.1) is 36.0 Å². The summed E-state index contributed by atoms with van der Waals surface area (Å²) >= 11 is 6.77. The number of imidazole rings is 1. The number of fused-ring (bicyclic) bond motifs is 1. The van der Waals surface area contributed by atoms with E-state index in [0.717, 1.165) is 24.1 Å². The van der Waals surface area contributed by atoms with Crippen molar-refractivity contribution in [1.29, 1.82) is 0 Å². The van der Waals surface area contributed by atoms with Crippen LogP contribution in [-0.4, -0.2) is 61.4 Å². The third-order valence-electron chi connectivity index (χ3n) is 6.92. The van der Waals surface area contributed by atoms with E-state index >= 15 is 0 Å². The monoisotopic (exact) mass is 548 g/mol. The summed E-state index contributed by atoms with van der Waals surface area (Å²) in [5.74, 6) is 1.31. The second-order valence-corrected chi connectivity index (χ2v) is 11.2. The van der Waals surface area contributed by atoms with Gasteiger partial charge in [-0.05, 0) is 69.5 Å². The second kappa shape index (κ2) is 9.77. The van der Waals surface area contributed by atoms with Crippen molar-refractivity contribution in [2.75, 3.05) is 19.8 Å². The largest absolute Gasteiger partial charge is 0.484 e. The minimum Gasteiger partial charge on any atom is -0.484 e. The molecule has 39 heavy (non-hydrogen) atoms. The van der Waals surface area contributed by atoms with Crippen LogP contribution in [0.25, 0.3) is 22.6 Å². The maximum absolute atomic E-state index is 12.3. The van der Waals surface area contributed by atoms with Crippen LogP contribution in [0.15, 0.2) is 42.9 Å². The van der Waals surface area contributed by atoms with Gasteiger partial charge >= 0.3 is 0 Å². The Labute approximate surface area is 230 Å². The van der Waals surface area contributed by atoms with E-state index in [1.807, 2.05) is 36.6 Å². The lowest BCUT2D eigenvalue weighted by Gasteiger charge is -2.38. The fourth-order valence-corrected chi connectivity index (χ4v) is 4.73. The predicted octanol–water partition coefficient (Wildman–Crippen LogP) is 4.11. The third kappa shape index (κ3) is 5.39.